The van der Waals surface area contributed by atoms with E-state index in [-0.39, 0.29) is 23.6 Å². The van der Waals surface area contributed by atoms with Crippen molar-refractivity contribution in [2.24, 2.45) is 0 Å². The molecule has 1 saturated heterocycles. The third-order valence-corrected chi connectivity index (χ3v) is 6.63. The first-order valence-corrected chi connectivity index (χ1v) is 11.8. The molecule has 8 nitrogen and oxygen atoms in total. The van der Waals surface area contributed by atoms with Crippen molar-refractivity contribution < 1.29 is 23.8 Å². The summed E-state index contributed by atoms with van der Waals surface area (Å²) in [5.74, 6) is -0.808. The number of rotatable bonds is 7. The highest BCUT2D eigenvalue weighted by Gasteiger charge is 2.19. The predicted molar refractivity (Wildman–Crippen MR) is 131 cm³/mol. The number of carboxylic acids is 1. The van der Waals surface area contributed by atoms with Crippen LogP contribution in [0.15, 0.2) is 64.8 Å². The van der Waals surface area contributed by atoms with Crippen molar-refractivity contribution in [1.29, 1.82) is 5.26 Å². The van der Waals surface area contributed by atoms with Gasteiger partial charge in [0.1, 0.15) is 18.2 Å². The highest BCUT2D eigenvalue weighted by molar-refractivity contribution is 7.10. The summed E-state index contributed by atoms with van der Waals surface area (Å²) >= 11 is 1.28. The molecule has 4 aromatic rings. The summed E-state index contributed by atoms with van der Waals surface area (Å²) in [6.07, 6.45) is 3.12. The average molecular weight is 488 g/mol. The number of benzene rings is 1. The van der Waals surface area contributed by atoms with Crippen LogP contribution in [0.2, 0.25) is 0 Å². The zero-order chi connectivity index (χ0) is 24.2. The monoisotopic (exact) mass is 487 g/mol. The number of thiophene rings is 1. The summed E-state index contributed by atoms with van der Waals surface area (Å²) in [6.45, 7) is 3.23. The first-order chi connectivity index (χ1) is 17.1. The fourth-order valence-electron chi connectivity index (χ4n) is 3.90. The molecule has 1 fully saturated rings. The fourth-order valence-corrected chi connectivity index (χ4v) is 4.67. The van der Waals surface area contributed by atoms with Crippen LogP contribution in [0.25, 0.3) is 22.4 Å². The number of anilines is 1. The van der Waals surface area contributed by atoms with Crippen LogP contribution in [0.5, 0.6) is 5.88 Å². The Kier molecular flexibility index (Phi) is 6.48. The van der Waals surface area contributed by atoms with E-state index in [1.165, 1.54) is 11.3 Å². The molecule has 1 aromatic carbocycles. The number of aromatic carboxylic acids is 1. The van der Waals surface area contributed by atoms with Gasteiger partial charge in [0.25, 0.3) is 0 Å². The van der Waals surface area contributed by atoms with E-state index in [9.17, 15) is 10.1 Å². The largest absolute Gasteiger partial charge is 0.478 e. The average Bonchev–Trinajstić information content (AvgIpc) is 3.60. The minimum atomic E-state index is -0.992. The molecule has 4 heterocycles. The minimum Gasteiger partial charge on any atom is -0.478 e. The summed E-state index contributed by atoms with van der Waals surface area (Å²) in [7, 11) is 0. The van der Waals surface area contributed by atoms with Gasteiger partial charge < -0.3 is 23.9 Å². The molecule has 0 spiro atoms. The third kappa shape index (κ3) is 4.89. The first kappa shape index (κ1) is 22.7. The highest BCUT2D eigenvalue weighted by Crippen LogP contribution is 2.35. The van der Waals surface area contributed by atoms with Gasteiger partial charge in [0, 0.05) is 45.7 Å². The minimum absolute atomic E-state index is 0.101. The van der Waals surface area contributed by atoms with Crippen LogP contribution in [-0.4, -0.2) is 42.4 Å². The molecule has 1 N–H and O–H groups in total. The second kappa shape index (κ2) is 10.0. The molecule has 9 heteroatoms. The number of furan rings is 1. The summed E-state index contributed by atoms with van der Waals surface area (Å²) < 4.78 is 16.6. The van der Waals surface area contributed by atoms with Crippen molar-refractivity contribution in [3.63, 3.8) is 0 Å². The number of ether oxygens (including phenoxy) is 2. The second-order valence-electron chi connectivity index (χ2n) is 7.90. The van der Waals surface area contributed by atoms with Crippen molar-refractivity contribution in [3.8, 4) is 34.3 Å². The van der Waals surface area contributed by atoms with E-state index >= 15 is 0 Å². The van der Waals surface area contributed by atoms with Crippen LogP contribution in [0.1, 0.15) is 20.8 Å². The maximum atomic E-state index is 11.2. The quantitative estimate of drug-likeness (QED) is 0.386. The number of carboxylic acid groups (broad SMARTS) is 1. The molecule has 0 unspecified atom stereocenters. The lowest BCUT2D eigenvalue weighted by atomic mass is 10.0. The predicted octanol–water partition coefficient (Wildman–Crippen LogP) is 5.06. The van der Waals surface area contributed by atoms with Crippen molar-refractivity contribution >= 4 is 23.0 Å². The summed E-state index contributed by atoms with van der Waals surface area (Å²) in [6, 6.07) is 15.5. The molecule has 0 radical (unpaired) electrons. The Morgan fingerprint density at radius 1 is 1.17 bits per heavy atom. The molecule has 35 heavy (non-hydrogen) atoms. The van der Waals surface area contributed by atoms with Gasteiger partial charge in [-0.1, -0.05) is 12.1 Å². The maximum Gasteiger partial charge on any atom is 0.336 e. The van der Waals surface area contributed by atoms with Crippen LogP contribution in [0.4, 0.5) is 5.69 Å². The van der Waals surface area contributed by atoms with Crippen LogP contribution in [0, 0.1) is 11.3 Å². The second-order valence-corrected chi connectivity index (χ2v) is 8.90. The Balaban J connectivity index is 1.49. The normalized spacial score (nSPS) is 13.4. The van der Waals surface area contributed by atoms with E-state index in [0.717, 1.165) is 34.8 Å². The number of nitriles is 1. The maximum absolute atomic E-state index is 11.2. The van der Waals surface area contributed by atoms with Crippen molar-refractivity contribution in [2.75, 3.05) is 31.2 Å². The molecule has 5 rings (SSSR count). The molecule has 1 aliphatic rings. The first-order valence-electron chi connectivity index (χ1n) is 11.0. The van der Waals surface area contributed by atoms with E-state index in [4.69, 9.17) is 19.0 Å². The van der Waals surface area contributed by atoms with E-state index in [0.29, 0.717) is 24.5 Å². The molecule has 0 bridgehead atoms. The van der Waals surface area contributed by atoms with Gasteiger partial charge >= 0.3 is 5.97 Å². The molecular weight excluding hydrogens is 466 g/mol. The summed E-state index contributed by atoms with van der Waals surface area (Å²) in [5.41, 5.74) is 4.53. The number of pyridine rings is 1. The summed E-state index contributed by atoms with van der Waals surface area (Å²) in [5, 5.41) is 20.6. The topological polar surface area (TPSA) is 109 Å². The Morgan fingerprint density at radius 3 is 2.63 bits per heavy atom. The molecule has 0 aliphatic carbocycles. The third-order valence-electron chi connectivity index (χ3n) is 5.72. The zero-order valence-corrected chi connectivity index (χ0v) is 19.5. The van der Waals surface area contributed by atoms with Gasteiger partial charge in [-0.25, -0.2) is 9.78 Å². The SMILES string of the molecule is N#Cc1c(-c2ccoc2)cc(-c2ccc(N3CCOCC3)cc2)nc1OCc1cc(C(=O)O)cs1. The highest BCUT2D eigenvalue weighted by atomic mass is 32.1. The lowest BCUT2D eigenvalue weighted by Crippen LogP contribution is -2.36. The van der Waals surface area contributed by atoms with E-state index in [2.05, 4.69) is 28.1 Å². The number of carbonyl (C=O) groups is 1. The van der Waals surface area contributed by atoms with E-state index in [1.54, 1.807) is 30.0 Å². The van der Waals surface area contributed by atoms with Gasteiger partial charge in [0.05, 0.1) is 37.0 Å². The Bertz CT molecular complexity index is 1370. The van der Waals surface area contributed by atoms with Gasteiger partial charge in [-0.05, 0) is 30.3 Å². The number of morpholine rings is 1. The molecule has 1 aliphatic heterocycles. The number of hydrogen-bond acceptors (Lipinski definition) is 8. The number of hydrogen-bond donors (Lipinski definition) is 1. The Hall–Kier alpha value is -4.13. The molecule has 3 aromatic heterocycles. The van der Waals surface area contributed by atoms with Crippen molar-refractivity contribution in [3.05, 3.63) is 76.4 Å². The van der Waals surface area contributed by atoms with Crippen LogP contribution in [-0.2, 0) is 11.3 Å². The van der Waals surface area contributed by atoms with Gasteiger partial charge in [-0.15, -0.1) is 11.3 Å². The zero-order valence-electron chi connectivity index (χ0n) is 18.6. The Morgan fingerprint density at radius 2 is 1.97 bits per heavy atom. The molecule has 0 atom stereocenters. The summed E-state index contributed by atoms with van der Waals surface area (Å²) in [4.78, 5) is 18.8. The Labute approximate surface area is 205 Å². The van der Waals surface area contributed by atoms with Gasteiger partial charge in [-0.3, -0.25) is 0 Å². The van der Waals surface area contributed by atoms with E-state index in [1.807, 2.05) is 18.2 Å². The smallest absolute Gasteiger partial charge is 0.336 e. The van der Waals surface area contributed by atoms with Crippen molar-refractivity contribution in [1.82, 2.24) is 4.98 Å². The molecule has 0 saturated carbocycles. The van der Waals surface area contributed by atoms with Crippen LogP contribution >= 0.6 is 11.3 Å². The standard InChI is InChI=1S/C26H21N3O5S/c27-13-23-22(18-5-8-33-14-18)12-24(17-1-3-20(4-2-17)29-6-9-32-10-7-29)28-25(23)34-15-21-11-19(16-35-21)26(30)31/h1-5,8,11-12,14,16H,6-7,9-10,15H2,(H,30,31). The van der Waals surface area contributed by atoms with E-state index < -0.39 is 5.97 Å². The fraction of sp³-hybridized carbons (Fsp3) is 0.192. The van der Waals surface area contributed by atoms with Crippen LogP contribution in [0.3, 0.4) is 0 Å². The van der Waals surface area contributed by atoms with Gasteiger partial charge in [0.2, 0.25) is 5.88 Å². The lowest BCUT2D eigenvalue weighted by Gasteiger charge is -2.28. The van der Waals surface area contributed by atoms with Gasteiger partial charge in [0.15, 0.2) is 0 Å². The van der Waals surface area contributed by atoms with Gasteiger partial charge in [-0.2, -0.15) is 5.26 Å². The number of aromatic nitrogens is 1. The molecular formula is C26H21N3O5S. The van der Waals surface area contributed by atoms with Crippen LogP contribution < -0.4 is 9.64 Å². The number of nitrogens with zero attached hydrogens (tertiary/aromatic N) is 3. The van der Waals surface area contributed by atoms with Crippen molar-refractivity contribution in [2.45, 2.75) is 6.61 Å². The molecule has 0 amide bonds. The molecule has 176 valence electrons. The lowest BCUT2D eigenvalue weighted by molar-refractivity contribution is 0.0697.